The smallest absolute Gasteiger partial charge is 0.448 e. The van der Waals surface area contributed by atoms with Gasteiger partial charge in [0, 0.05) is 0 Å². The molecule has 0 amide bonds. The number of fused-ring (bicyclic) bond motifs is 1. The monoisotopic (exact) mass is 296 g/mol. The highest BCUT2D eigenvalue weighted by Crippen LogP contribution is 2.48. The third kappa shape index (κ3) is 2.03. The van der Waals surface area contributed by atoms with E-state index in [0.29, 0.717) is 6.08 Å². The van der Waals surface area contributed by atoms with E-state index in [1.54, 1.807) is 0 Å². The number of ether oxygens (including phenoxy) is 1. The van der Waals surface area contributed by atoms with Crippen molar-refractivity contribution in [2.24, 2.45) is 0 Å². The van der Waals surface area contributed by atoms with Crippen LogP contribution in [-0.4, -0.2) is 22.3 Å². The maximum atomic E-state index is 13.4. The van der Waals surface area contributed by atoms with Gasteiger partial charge in [-0.3, -0.25) is 0 Å². The largest absolute Gasteiger partial charge is 0.478 e. The highest BCUT2D eigenvalue weighted by Gasteiger charge is 2.62. The zero-order valence-corrected chi connectivity index (χ0v) is 9.72. The highest BCUT2D eigenvalue weighted by molar-refractivity contribution is 6.29. The molecule has 0 aromatic heterocycles. The molecule has 1 atom stereocenters. The Labute approximate surface area is 109 Å². The number of carbonyl (C=O) groups is 1. The molecular formula is C11H5ClF4O3. The maximum absolute atomic E-state index is 13.4. The van der Waals surface area contributed by atoms with Crippen LogP contribution in [-0.2, 0) is 4.79 Å². The van der Waals surface area contributed by atoms with Gasteiger partial charge in [-0.1, -0.05) is 17.7 Å². The molecule has 19 heavy (non-hydrogen) atoms. The van der Waals surface area contributed by atoms with Crippen LogP contribution in [0, 0.1) is 5.82 Å². The molecule has 1 aliphatic rings. The average molecular weight is 297 g/mol. The zero-order valence-electron chi connectivity index (χ0n) is 8.96. The Morgan fingerprint density at radius 1 is 1.37 bits per heavy atom. The number of carboxylic acid groups (broad SMARTS) is 1. The van der Waals surface area contributed by atoms with Crippen LogP contribution in [0.4, 0.5) is 17.6 Å². The first-order chi connectivity index (χ1) is 8.67. The normalized spacial score (nSPS) is 22.3. The molecule has 8 heteroatoms. The minimum absolute atomic E-state index is 0.388. The minimum atomic E-state index is -5.18. The van der Waals surface area contributed by atoms with Gasteiger partial charge in [-0.25, -0.2) is 9.18 Å². The number of benzene rings is 1. The van der Waals surface area contributed by atoms with Crippen molar-refractivity contribution in [2.75, 3.05) is 0 Å². The number of halogens is 5. The van der Waals surface area contributed by atoms with Crippen LogP contribution >= 0.6 is 11.6 Å². The average Bonchev–Trinajstić information content (AvgIpc) is 2.26. The molecule has 1 aliphatic heterocycles. The van der Waals surface area contributed by atoms with Crippen LogP contribution in [0.2, 0.25) is 0 Å². The first-order valence-electron chi connectivity index (χ1n) is 4.85. The standard InChI is InChI=1S/C11H5ClF4O3/c12-10(11(14,15)16)6(9(17)18)4-5-7(13)2-1-3-8(5)19-10/h1-4H,(H,17,18). The Kier molecular flexibility index (Phi) is 2.97. The molecule has 3 nitrogen and oxygen atoms in total. The Bertz CT molecular complexity index is 582. The summed E-state index contributed by atoms with van der Waals surface area (Å²) in [5.41, 5.74) is -1.68. The third-order valence-corrected chi connectivity index (χ3v) is 2.99. The molecule has 1 N–H and O–H groups in total. The summed E-state index contributed by atoms with van der Waals surface area (Å²) >= 11 is 5.27. The van der Waals surface area contributed by atoms with E-state index >= 15 is 0 Å². The molecule has 1 unspecified atom stereocenters. The summed E-state index contributed by atoms with van der Waals surface area (Å²) in [6.45, 7) is 0. The molecular weight excluding hydrogens is 292 g/mol. The van der Waals surface area contributed by atoms with Gasteiger partial charge >= 0.3 is 17.2 Å². The number of aliphatic carboxylic acids is 1. The molecule has 1 aromatic rings. The van der Waals surface area contributed by atoms with E-state index < -0.39 is 34.3 Å². The molecule has 0 saturated carbocycles. The molecule has 0 bridgehead atoms. The summed E-state index contributed by atoms with van der Waals surface area (Å²) in [6.07, 6.45) is -4.65. The second kappa shape index (κ2) is 4.12. The predicted octanol–water partition coefficient (Wildman–Crippen LogP) is 3.18. The van der Waals surface area contributed by atoms with Gasteiger partial charge in [0.15, 0.2) is 0 Å². The van der Waals surface area contributed by atoms with Crippen LogP contribution in [0.15, 0.2) is 23.8 Å². The predicted molar refractivity (Wildman–Crippen MR) is 57.3 cm³/mol. The van der Waals surface area contributed by atoms with Gasteiger partial charge in [0.25, 0.3) is 0 Å². The number of alkyl halides is 4. The molecule has 0 saturated heterocycles. The lowest BCUT2D eigenvalue weighted by Gasteiger charge is -2.34. The van der Waals surface area contributed by atoms with Crippen molar-refractivity contribution in [3.63, 3.8) is 0 Å². The number of hydrogen-bond donors (Lipinski definition) is 1. The Balaban J connectivity index is 2.69. The van der Waals surface area contributed by atoms with Crippen molar-refractivity contribution >= 4 is 23.6 Å². The highest BCUT2D eigenvalue weighted by atomic mass is 35.5. The van der Waals surface area contributed by atoms with E-state index in [0.717, 1.165) is 18.2 Å². The van der Waals surface area contributed by atoms with E-state index in [-0.39, 0.29) is 5.56 Å². The minimum Gasteiger partial charge on any atom is -0.478 e. The van der Waals surface area contributed by atoms with Crippen molar-refractivity contribution in [2.45, 2.75) is 11.2 Å². The molecule has 0 fully saturated rings. The Hall–Kier alpha value is -1.76. The van der Waals surface area contributed by atoms with E-state index in [2.05, 4.69) is 4.74 Å². The quantitative estimate of drug-likeness (QED) is 0.639. The molecule has 0 spiro atoms. The van der Waals surface area contributed by atoms with Crippen LogP contribution in [0.3, 0.4) is 0 Å². The SMILES string of the molecule is O=C(O)C1=Cc2c(F)cccc2OC1(Cl)C(F)(F)F. The van der Waals surface area contributed by atoms with E-state index in [4.69, 9.17) is 16.7 Å². The van der Waals surface area contributed by atoms with E-state index in [1.165, 1.54) is 0 Å². The van der Waals surface area contributed by atoms with Gasteiger partial charge < -0.3 is 9.84 Å². The number of rotatable bonds is 1. The lowest BCUT2D eigenvalue weighted by atomic mass is 10.0. The molecule has 0 aliphatic carbocycles. The molecule has 0 radical (unpaired) electrons. The lowest BCUT2D eigenvalue weighted by molar-refractivity contribution is -0.204. The first kappa shape index (κ1) is 13.7. The lowest BCUT2D eigenvalue weighted by Crippen LogP contribution is -2.50. The van der Waals surface area contributed by atoms with Crippen LogP contribution in [0.1, 0.15) is 5.56 Å². The van der Waals surface area contributed by atoms with Crippen LogP contribution < -0.4 is 4.74 Å². The fourth-order valence-electron chi connectivity index (χ4n) is 1.60. The van der Waals surface area contributed by atoms with Crippen molar-refractivity contribution in [3.05, 3.63) is 35.2 Å². The first-order valence-corrected chi connectivity index (χ1v) is 5.23. The maximum Gasteiger partial charge on any atom is 0.448 e. The fourth-order valence-corrected chi connectivity index (χ4v) is 1.82. The van der Waals surface area contributed by atoms with Crippen molar-refractivity contribution in [1.29, 1.82) is 0 Å². The van der Waals surface area contributed by atoms with Crippen LogP contribution in [0.5, 0.6) is 5.75 Å². The van der Waals surface area contributed by atoms with E-state index in [1.807, 2.05) is 0 Å². The topological polar surface area (TPSA) is 46.5 Å². The number of hydrogen-bond acceptors (Lipinski definition) is 2. The Morgan fingerprint density at radius 3 is 2.53 bits per heavy atom. The second-order valence-corrected chi connectivity index (χ2v) is 4.24. The molecule has 1 heterocycles. The van der Waals surface area contributed by atoms with Crippen molar-refractivity contribution in [1.82, 2.24) is 0 Å². The van der Waals surface area contributed by atoms with Gasteiger partial charge in [-0.15, -0.1) is 0 Å². The summed E-state index contributed by atoms with van der Waals surface area (Å²) in [7, 11) is 0. The number of carboxylic acids is 1. The fraction of sp³-hybridized carbons (Fsp3) is 0.182. The van der Waals surface area contributed by atoms with Gasteiger partial charge in [-0.2, -0.15) is 13.2 Å². The summed E-state index contributed by atoms with van der Waals surface area (Å²) in [6, 6.07) is 3.16. The summed E-state index contributed by atoms with van der Waals surface area (Å²) in [5, 5.41) is 5.26. The zero-order chi connectivity index (χ0) is 14.4. The van der Waals surface area contributed by atoms with E-state index in [9.17, 15) is 22.4 Å². The molecule has 102 valence electrons. The molecule has 1 aromatic carbocycles. The second-order valence-electron chi connectivity index (χ2n) is 3.71. The van der Waals surface area contributed by atoms with Gasteiger partial charge in [0.2, 0.25) is 0 Å². The van der Waals surface area contributed by atoms with Gasteiger partial charge in [-0.05, 0) is 18.2 Å². The molecule has 2 rings (SSSR count). The van der Waals surface area contributed by atoms with Crippen molar-refractivity contribution < 1.29 is 32.2 Å². The van der Waals surface area contributed by atoms with Gasteiger partial charge in [0.1, 0.15) is 17.1 Å². The van der Waals surface area contributed by atoms with Crippen LogP contribution in [0.25, 0.3) is 6.08 Å². The van der Waals surface area contributed by atoms with Crippen molar-refractivity contribution in [3.8, 4) is 5.75 Å². The summed E-state index contributed by atoms with van der Waals surface area (Å²) in [5.74, 6) is -3.32. The Morgan fingerprint density at radius 2 is 2.00 bits per heavy atom. The third-order valence-electron chi connectivity index (χ3n) is 2.49. The van der Waals surface area contributed by atoms with Gasteiger partial charge in [0.05, 0.1) is 5.56 Å². The summed E-state index contributed by atoms with van der Waals surface area (Å²) < 4.78 is 56.5. The summed E-state index contributed by atoms with van der Waals surface area (Å²) in [4.78, 5) is 10.9.